The molecule has 0 heterocycles. The van der Waals surface area contributed by atoms with E-state index in [4.69, 9.17) is 0 Å². The molecule has 0 amide bonds. The van der Waals surface area contributed by atoms with Crippen LogP contribution < -0.4 is 5.32 Å². The number of hydrogen-bond acceptors (Lipinski definition) is 1. The van der Waals surface area contributed by atoms with Gasteiger partial charge in [-0.1, -0.05) is 30.3 Å². The molecule has 0 fully saturated rings. The highest BCUT2D eigenvalue weighted by molar-refractivity contribution is 9.10. The summed E-state index contributed by atoms with van der Waals surface area (Å²) in [6.07, 6.45) is 0. The van der Waals surface area contributed by atoms with Crippen LogP contribution in [-0.2, 0) is 0 Å². The Balaban J connectivity index is 2.20. The molecular weight excluding hydrogens is 281 g/mol. The molecule has 1 unspecified atom stereocenters. The molecule has 0 spiro atoms. The fourth-order valence-electron chi connectivity index (χ4n) is 1.72. The summed E-state index contributed by atoms with van der Waals surface area (Å²) in [5.41, 5.74) is 1.63. The summed E-state index contributed by atoms with van der Waals surface area (Å²) in [6, 6.07) is 14.6. The van der Waals surface area contributed by atoms with Crippen LogP contribution in [0.25, 0.3) is 0 Å². The van der Waals surface area contributed by atoms with Crippen molar-refractivity contribution in [1.82, 2.24) is 0 Å². The third-order valence-corrected chi connectivity index (χ3v) is 3.31. The van der Waals surface area contributed by atoms with E-state index in [-0.39, 0.29) is 11.9 Å². The Labute approximate surface area is 109 Å². The van der Waals surface area contributed by atoms with Gasteiger partial charge in [-0.05, 0) is 41.1 Å². The highest BCUT2D eigenvalue weighted by Gasteiger charge is 2.10. The number of anilines is 1. The summed E-state index contributed by atoms with van der Waals surface area (Å²) < 4.78 is 14.6. The maximum absolute atomic E-state index is 13.6. The molecule has 0 aliphatic carbocycles. The molecule has 1 atom stereocenters. The van der Waals surface area contributed by atoms with Crippen molar-refractivity contribution in [2.24, 2.45) is 0 Å². The van der Waals surface area contributed by atoms with Gasteiger partial charge in [0.05, 0.1) is 6.04 Å². The molecule has 2 aromatic rings. The molecule has 0 saturated carbocycles. The Kier molecular flexibility index (Phi) is 3.79. The van der Waals surface area contributed by atoms with Crippen molar-refractivity contribution in [3.05, 3.63) is 64.4 Å². The molecule has 17 heavy (non-hydrogen) atoms. The summed E-state index contributed by atoms with van der Waals surface area (Å²) in [6.45, 7) is 1.94. The van der Waals surface area contributed by atoms with E-state index in [0.29, 0.717) is 5.56 Å². The lowest BCUT2D eigenvalue weighted by atomic mass is 10.1. The Morgan fingerprint density at radius 2 is 1.71 bits per heavy atom. The van der Waals surface area contributed by atoms with Crippen LogP contribution >= 0.6 is 15.9 Å². The van der Waals surface area contributed by atoms with Gasteiger partial charge in [-0.15, -0.1) is 0 Å². The standard InChI is InChI=1S/C14H13BrFN/c1-10(11-6-2-4-8-13(11)16)17-14-9-5-3-7-12(14)15/h2-10,17H,1H3. The molecular formula is C14H13BrFN. The minimum atomic E-state index is -0.181. The van der Waals surface area contributed by atoms with Crippen molar-refractivity contribution < 1.29 is 4.39 Å². The second-order valence-electron chi connectivity index (χ2n) is 3.87. The quantitative estimate of drug-likeness (QED) is 0.860. The zero-order valence-electron chi connectivity index (χ0n) is 9.45. The molecule has 1 nitrogen and oxygen atoms in total. The Bertz CT molecular complexity index is 513. The SMILES string of the molecule is CC(Nc1ccccc1Br)c1ccccc1F. The predicted octanol–water partition coefficient (Wildman–Crippen LogP) is 4.76. The first-order valence-electron chi connectivity index (χ1n) is 5.44. The number of benzene rings is 2. The lowest BCUT2D eigenvalue weighted by Crippen LogP contribution is -2.08. The summed E-state index contributed by atoms with van der Waals surface area (Å²) >= 11 is 3.46. The van der Waals surface area contributed by atoms with Crippen molar-refractivity contribution in [3.63, 3.8) is 0 Å². The number of rotatable bonds is 3. The molecule has 0 aliphatic rings. The molecule has 2 aromatic carbocycles. The van der Waals surface area contributed by atoms with Crippen LogP contribution in [0.15, 0.2) is 53.0 Å². The van der Waals surface area contributed by atoms with Gasteiger partial charge in [0, 0.05) is 15.7 Å². The van der Waals surface area contributed by atoms with Gasteiger partial charge in [0.1, 0.15) is 5.82 Å². The van der Waals surface area contributed by atoms with Gasteiger partial charge in [0.15, 0.2) is 0 Å². The average molecular weight is 294 g/mol. The average Bonchev–Trinajstić information content (AvgIpc) is 2.32. The second kappa shape index (κ2) is 5.32. The van der Waals surface area contributed by atoms with E-state index in [9.17, 15) is 4.39 Å². The predicted molar refractivity (Wildman–Crippen MR) is 72.6 cm³/mol. The van der Waals surface area contributed by atoms with Gasteiger partial charge in [-0.25, -0.2) is 4.39 Å². The van der Waals surface area contributed by atoms with Crippen molar-refractivity contribution in [1.29, 1.82) is 0 Å². The highest BCUT2D eigenvalue weighted by atomic mass is 79.9. The maximum Gasteiger partial charge on any atom is 0.128 e. The van der Waals surface area contributed by atoms with Gasteiger partial charge in [-0.2, -0.15) is 0 Å². The van der Waals surface area contributed by atoms with Crippen LogP contribution in [0.2, 0.25) is 0 Å². The van der Waals surface area contributed by atoms with Gasteiger partial charge in [0.25, 0.3) is 0 Å². The summed E-state index contributed by atoms with van der Waals surface area (Å²) in [5.74, 6) is -0.181. The first-order chi connectivity index (χ1) is 8.18. The Morgan fingerprint density at radius 3 is 2.41 bits per heavy atom. The normalized spacial score (nSPS) is 12.2. The highest BCUT2D eigenvalue weighted by Crippen LogP contribution is 2.26. The largest absolute Gasteiger partial charge is 0.377 e. The van der Waals surface area contributed by atoms with E-state index in [2.05, 4.69) is 21.2 Å². The Hall–Kier alpha value is -1.35. The molecule has 0 aromatic heterocycles. The maximum atomic E-state index is 13.6. The molecule has 1 N–H and O–H groups in total. The second-order valence-corrected chi connectivity index (χ2v) is 4.72. The third-order valence-electron chi connectivity index (χ3n) is 2.62. The van der Waals surface area contributed by atoms with Gasteiger partial charge in [-0.3, -0.25) is 0 Å². The monoisotopic (exact) mass is 293 g/mol. The van der Waals surface area contributed by atoms with Crippen LogP contribution in [0.4, 0.5) is 10.1 Å². The molecule has 0 aliphatic heterocycles. The van der Waals surface area contributed by atoms with Crippen LogP contribution in [-0.4, -0.2) is 0 Å². The molecule has 88 valence electrons. The molecule has 0 bridgehead atoms. The summed E-state index contributed by atoms with van der Waals surface area (Å²) in [7, 11) is 0. The number of halogens is 2. The zero-order chi connectivity index (χ0) is 12.3. The van der Waals surface area contributed by atoms with Crippen LogP contribution in [0.1, 0.15) is 18.5 Å². The number of para-hydroxylation sites is 1. The van der Waals surface area contributed by atoms with E-state index in [0.717, 1.165) is 10.2 Å². The molecule has 3 heteroatoms. The van der Waals surface area contributed by atoms with E-state index in [1.807, 2.05) is 37.3 Å². The first-order valence-corrected chi connectivity index (χ1v) is 6.23. The minimum Gasteiger partial charge on any atom is -0.377 e. The van der Waals surface area contributed by atoms with Crippen LogP contribution in [0.3, 0.4) is 0 Å². The Morgan fingerprint density at radius 1 is 1.06 bits per heavy atom. The first kappa shape index (κ1) is 12.1. The van der Waals surface area contributed by atoms with Gasteiger partial charge < -0.3 is 5.32 Å². The number of hydrogen-bond donors (Lipinski definition) is 1. The van der Waals surface area contributed by atoms with Gasteiger partial charge in [0.2, 0.25) is 0 Å². The van der Waals surface area contributed by atoms with Crippen molar-refractivity contribution in [2.45, 2.75) is 13.0 Å². The van der Waals surface area contributed by atoms with E-state index in [1.165, 1.54) is 6.07 Å². The summed E-state index contributed by atoms with van der Waals surface area (Å²) in [5, 5.41) is 3.28. The van der Waals surface area contributed by atoms with Gasteiger partial charge >= 0.3 is 0 Å². The summed E-state index contributed by atoms with van der Waals surface area (Å²) in [4.78, 5) is 0. The minimum absolute atomic E-state index is 0.0742. The fraction of sp³-hybridized carbons (Fsp3) is 0.143. The third kappa shape index (κ3) is 2.86. The topological polar surface area (TPSA) is 12.0 Å². The van der Waals surface area contributed by atoms with E-state index >= 15 is 0 Å². The van der Waals surface area contributed by atoms with Crippen molar-refractivity contribution >= 4 is 21.6 Å². The zero-order valence-corrected chi connectivity index (χ0v) is 11.0. The van der Waals surface area contributed by atoms with E-state index in [1.54, 1.807) is 12.1 Å². The fourth-order valence-corrected chi connectivity index (χ4v) is 2.11. The van der Waals surface area contributed by atoms with Crippen LogP contribution in [0, 0.1) is 5.82 Å². The smallest absolute Gasteiger partial charge is 0.128 e. The molecule has 0 saturated heterocycles. The number of nitrogens with one attached hydrogen (secondary N) is 1. The lowest BCUT2D eigenvalue weighted by molar-refractivity contribution is 0.600. The molecule has 2 rings (SSSR count). The van der Waals surface area contributed by atoms with Crippen molar-refractivity contribution in [2.75, 3.05) is 5.32 Å². The van der Waals surface area contributed by atoms with Crippen LogP contribution in [0.5, 0.6) is 0 Å². The molecule has 0 radical (unpaired) electrons. The lowest BCUT2D eigenvalue weighted by Gasteiger charge is -2.17. The van der Waals surface area contributed by atoms with Crippen molar-refractivity contribution in [3.8, 4) is 0 Å². The van der Waals surface area contributed by atoms with E-state index < -0.39 is 0 Å².